The predicted molar refractivity (Wildman–Crippen MR) is 88.3 cm³/mol. The van der Waals surface area contributed by atoms with Crippen LogP contribution in [0.25, 0.3) is 10.8 Å². The van der Waals surface area contributed by atoms with Crippen molar-refractivity contribution in [3.8, 4) is 5.75 Å². The summed E-state index contributed by atoms with van der Waals surface area (Å²) < 4.78 is 0. The number of likely N-dealkylation sites (tertiary alicyclic amines) is 1. The van der Waals surface area contributed by atoms with Gasteiger partial charge in [0.15, 0.2) is 0 Å². The highest BCUT2D eigenvalue weighted by molar-refractivity contribution is 6.08. The highest BCUT2D eigenvalue weighted by atomic mass is 16.3. The molecule has 3 rings (SSSR count). The van der Waals surface area contributed by atoms with Crippen LogP contribution in [0.2, 0.25) is 0 Å². The number of hydrogen-bond acceptors (Lipinski definition) is 3. The van der Waals surface area contributed by atoms with Crippen LogP contribution in [0.4, 0.5) is 0 Å². The largest absolute Gasteiger partial charge is 0.508 e. The molecule has 0 spiro atoms. The van der Waals surface area contributed by atoms with Gasteiger partial charge in [-0.05, 0) is 61.3 Å². The molecule has 1 aliphatic heterocycles. The number of carbonyl (C=O) groups is 1. The van der Waals surface area contributed by atoms with E-state index < -0.39 is 0 Å². The standard InChI is InChI=1S/C18H22N2O2/c1-12-3-4-13-11-15(21)5-6-16(13)17(12)18(22)20-9-7-14(19-2)8-10-20/h3-6,11,14,19,21H,7-10H2,1-2H3. The van der Waals surface area contributed by atoms with Gasteiger partial charge in [-0.3, -0.25) is 4.79 Å². The maximum absolute atomic E-state index is 13.0. The van der Waals surface area contributed by atoms with Gasteiger partial charge in [0, 0.05) is 19.1 Å². The van der Waals surface area contributed by atoms with Gasteiger partial charge < -0.3 is 15.3 Å². The molecule has 0 aromatic heterocycles. The number of carbonyl (C=O) groups excluding carboxylic acids is 1. The van der Waals surface area contributed by atoms with Crippen molar-refractivity contribution >= 4 is 16.7 Å². The molecule has 2 aromatic rings. The van der Waals surface area contributed by atoms with Gasteiger partial charge in [-0.1, -0.05) is 12.1 Å². The number of piperidine rings is 1. The Morgan fingerprint density at radius 2 is 1.95 bits per heavy atom. The number of aromatic hydroxyl groups is 1. The fraction of sp³-hybridized carbons (Fsp3) is 0.389. The van der Waals surface area contributed by atoms with E-state index >= 15 is 0 Å². The van der Waals surface area contributed by atoms with Gasteiger partial charge in [0.05, 0.1) is 5.56 Å². The van der Waals surface area contributed by atoms with Gasteiger partial charge in [0.25, 0.3) is 5.91 Å². The molecule has 0 bridgehead atoms. The Labute approximate surface area is 130 Å². The summed E-state index contributed by atoms with van der Waals surface area (Å²) in [4.78, 5) is 14.9. The first-order valence-corrected chi connectivity index (χ1v) is 7.79. The molecule has 0 radical (unpaired) electrons. The lowest BCUT2D eigenvalue weighted by Crippen LogP contribution is -2.44. The van der Waals surface area contributed by atoms with Crippen molar-refractivity contribution in [2.75, 3.05) is 20.1 Å². The average molecular weight is 298 g/mol. The summed E-state index contributed by atoms with van der Waals surface area (Å²) >= 11 is 0. The van der Waals surface area contributed by atoms with E-state index in [0.29, 0.717) is 6.04 Å². The van der Waals surface area contributed by atoms with Gasteiger partial charge in [-0.15, -0.1) is 0 Å². The van der Waals surface area contributed by atoms with E-state index in [1.807, 2.05) is 37.1 Å². The molecule has 22 heavy (non-hydrogen) atoms. The molecule has 1 amide bonds. The van der Waals surface area contributed by atoms with Crippen LogP contribution in [0.15, 0.2) is 30.3 Å². The van der Waals surface area contributed by atoms with E-state index in [2.05, 4.69) is 5.32 Å². The second-order valence-corrected chi connectivity index (χ2v) is 6.02. The van der Waals surface area contributed by atoms with E-state index in [0.717, 1.165) is 47.8 Å². The van der Waals surface area contributed by atoms with Gasteiger partial charge in [0.2, 0.25) is 0 Å². The minimum absolute atomic E-state index is 0.100. The topological polar surface area (TPSA) is 52.6 Å². The number of nitrogens with zero attached hydrogens (tertiary/aromatic N) is 1. The summed E-state index contributed by atoms with van der Waals surface area (Å²) in [5.41, 5.74) is 1.75. The third-order valence-corrected chi connectivity index (χ3v) is 4.62. The summed E-state index contributed by atoms with van der Waals surface area (Å²) in [6, 6.07) is 9.61. The molecule has 1 fully saturated rings. The Kier molecular flexibility index (Phi) is 4.03. The van der Waals surface area contributed by atoms with Crippen LogP contribution in [0.5, 0.6) is 5.75 Å². The molecule has 4 nitrogen and oxygen atoms in total. The monoisotopic (exact) mass is 298 g/mol. The summed E-state index contributed by atoms with van der Waals surface area (Å²) in [6.07, 6.45) is 1.99. The van der Waals surface area contributed by atoms with Crippen molar-refractivity contribution < 1.29 is 9.90 Å². The number of phenolic OH excluding ortho intramolecular Hbond substituents is 1. The maximum atomic E-state index is 13.0. The number of aryl methyl sites for hydroxylation is 1. The first-order valence-electron chi connectivity index (χ1n) is 7.79. The Bertz CT molecular complexity index is 704. The fourth-order valence-corrected chi connectivity index (χ4v) is 3.24. The SMILES string of the molecule is CNC1CCN(C(=O)c2c(C)ccc3cc(O)ccc23)CC1. The normalized spacial score (nSPS) is 16.2. The van der Waals surface area contributed by atoms with Crippen molar-refractivity contribution in [1.29, 1.82) is 0 Å². The van der Waals surface area contributed by atoms with Crippen molar-refractivity contribution in [1.82, 2.24) is 10.2 Å². The van der Waals surface area contributed by atoms with Crippen molar-refractivity contribution in [3.63, 3.8) is 0 Å². The van der Waals surface area contributed by atoms with E-state index in [-0.39, 0.29) is 11.7 Å². The average Bonchev–Trinajstić information content (AvgIpc) is 2.54. The molecule has 2 N–H and O–H groups in total. The summed E-state index contributed by atoms with van der Waals surface area (Å²) in [5, 5.41) is 14.7. The number of nitrogens with one attached hydrogen (secondary N) is 1. The maximum Gasteiger partial charge on any atom is 0.254 e. The van der Waals surface area contributed by atoms with E-state index in [1.54, 1.807) is 12.1 Å². The summed E-state index contributed by atoms with van der Waals surface area (Å²) in [5.74, 6) is 0.327. The van der Waals surface area contributed by atoms with Crippen LogP contribution in [0.1, 0.15) is 28.8 Å². The fourth-order valence-electron chi connectivity index (χ4n) is 3.24. The molecule has 116 valence electrons. The first kappa shape index (κ1) is 14.9. The Hall–Kier alpha value is -2.07. The minimum Gasteiger partial charge on any atom is -0.508 e. The van der Waals surface area contributed by atoms with E-state index in [9.17, 15) is 9.90 Å². The molecule has 0 aliphatic carbocycles. The number of hydrogen-bond donors (Lipinski definition) is 2. The molecule has 1 saturated heterocycles. The van der Waals surface area contributed by atoms with Crippen molar-refractivity contribution in [2.45, 2.75) is 25.8 Å². The summed E-state index contributed by atoms with van der Waals surface area (Å²) in [7, 11) is 1.98. The third kappa shape index (κ3) is 2.66. The smallest absolute Gasteiger partial charge is 0.254 e. The van der Waals surface area contributed by atoms with Crippen LogP contribution in [-0.4, -0.2) is 42.1 Å². The summed E-state index contributed by atoms with van der Waals surface area (Å²) in [6.45, 7) is 3.55. The number of benzene rings is 2. The first-order chi connectivity index (χ1) is 10.6. The Morgan fingerprint density at radius 3 is 2.64 bits per heavy atom. The van der Waals surface area contributed by atoms with Gasteiger partial charge in [0.1, 0.15) is 5.75 Å². The second-order valence-electron chi connectivity index (χ2n) is 6.02. The van der Waals surface area contributed by atoms with Crippen LogP contribution in [0.3, 0.4) is 0 Å². The van der Waals surface area contributed by atoms with E-state index in [4.69, 9.17) is 0 Å². The molecule has 0 saturated carbocycles. The molecule has 0 unspecified atom stereocenters. The van der Waals surface area contributed by atoms with Gasteiger partial charge >= 0.3 is 0 Å². The molecular formula is C18H22N2O2. The Balaban J connectivity index is 1.95. The van der Waals surface area contributed by atoms with Crippen LogP contribution < -0.4 is 5.32 Å². The second kappa shape index (κ2) is 5.97. The molecule has 0 atom stereocenters. The minimum atomic E-state index is 0.100. The molecule has 1 heterocycles. The number of rotatable bonds is 2. The van der Waals surface area contributed by atoms with E-state index in [1.165, 1.54) is 0 Å². The lowest BCUT2D eigenvalue weighted by Gasteiger charge is -2.32. The third-order valence-electron chi connectivity index (χ3n) is 4.62. The highest BCUT2D eigenvalue weighted by Gasteiger charge is 2.24. The zero-order valence-corrected chi connectivity index (χ0v) is 13.1. The molecular weight excluding hydrogens is 276 g/mol. The van der Waals surface area contributed by atoms with Crippen LogP contribution in [-0.2, 0) is 0 Å². The zero-order chi connectivity index (χ0) is 15.7. The lowest BCUT2D eigenvalue weighted by molar-refractivity contribution is 0.0708. The van der Waals surface area contributed by atoms with Crippen LogP contribution in [0, 0.1) is 6.92 Å². The number of amides is 1. The molecule has 4 heteroatoms. The zero-order valence-electron chi connectivity index (χ0n) is 13.1. The molecule has 1 aliphatic rings. The highest BCUT2D eigenvalue weighted by Crippen LogP contribution is 2.27. The quantitative estimate of drug-likeness (QED) is 0.896. The van der Waals surface area contributed by atoms with Crippen molar-refractivity contribution in [2.24, 2.45) is 0 Å². The number of fused-ring (bicyclic) bond motifs is 1. The lowest BCUT2D eigenvalue weighted by atomic mass is 9.97. The van der Waals surface area contributed by atoms with Gasteiger partial charge in [-0.25, -0.2) is 0 Å². The van der Waals surface area contributed by atoms with Crippen molar-refractivity contribution in [3.05, 3.63) is 41.5 Å². The number of phenols is 1. The van der Waals surface area contributed by atoms with Crippen LogP contribution >= 0.6 is 0 Å². The predicted octanol–water partition coefficient (Wildman–Crippen LogP) is 2.68. The molecule has 2 aromatic carbocycles. The van der Waals surface area contributed by atoms with Gasteiger partial charge in [-0.2, -0.15) is 0 Å². The Morgan fingerprint density at radius 1 is 1.23 bits per heavy atom.